The highest BCUT2D eigenvalue weighted by atomic mass is 35.5. The minimum absolute atomic E-state index is 0. The first-order chi connectivity index (χ1) is 9.81. The molecule has 1 saturated carbocycles. The summed E-state index contributed by atoms with van der Waals surface area (Å²) in [5.74, 6) is 0.708. The molecule has 1 saturated heterocycles. The Balaban J connectivity index is 0.00000220. The van der Waals surface area contributed by atoms with Gasteiger partial charge in [0.25, 0.3) is 0 Å². The van der Waals surface area contributed by atoms with Crippen molar-refractivity contribution in [2.45, 2.75) is 63.9 Å². The van der Waals surface area contributed by atoms with Gasteiger partial charge in [-0.3, -0.25) is 4.79 Å². The van der Waals surface area contributed by atoms with Crippen molar-refractivity contribution >= 4 is 18.3 Å². The molecule has 1 aliphatic heterocycles. The first kappa shape index (κ1) is 18.7. The summed E-state index contributed by atoms with van der Waals surface area (Å²) in [6.07, 6.45) is 10.5. The Morgan fingerprint density at radius 1 is 1.05 bits per heavy atom. The number of carbonyl (C=O) groups is 1. The summed E-state index contributed by atoms with van der Waals surface area (Å²) < 4.78 is 5.80. The first-order valence-corrected chi connectivity index (χ1v) is 8.41. The van der Waals surface area contributed by atoms with E-state index in [1.165, 1.54) is 25.7 Å². The number of hydrogen-bond donors (Lipinski definition) is 1. The van der Waals surface area contributed by atoms with E-state index in [4.69, 9.17) is 10.5 Å². The molecule has 5 heteroatoms. The number of likely N-dealkylation sites (tertiary alicyclic amines) is 1. The zero-order chi connectivity index (χ0) is 14.2. The number of ether oxygens (including phenoxy) is 1. The number of piperidine rings is 1. The smallest absolute Gasteiger partial charge is 0.225 e. The van der Waals surface area contributed by atoms with Crippen molar-refractivity contribution in [2.75, 3.05) is 26.2 Å². The number of carbonyl (C=O) groups excluding carboxylic acids is 1. The summed E-state index contributed by atoms with van der Waals surface area (Å²) in [6.45, 7) is 3.21. The Kier molecular flexibility index (Phi) is 9.29. The van der Waals surface area contributed by atoms with Gasteiger partial charge in [0.15, 0.2) is 0 Å². The van der Waals surface area contributed by atoms with E-state index >= 15 is 0 Å². The molecule has 2 rings (SSSR count). The van der Waals surface area contributed by atoms with E-state index in [1.807, 2.05) is 0 Å². The van der Waals surface area contributed by atoms with Gasteiger partial charge in [-0.25, -0.2) is 0 Å². The fourth-order valence-corrected chi connectivity index (χ4v) is 3.36. The summed E-state index contributed by atoms with van der Waals surface area (Å²) in [5.41, 5.74) is 5.47. The van der Waals surface area contributed by atoms with E-state index in [2.05, 4.69) is 4.90 Å². The van der Waals surface area contributed by atoms with Crippen LogP contribution in [0.25, 0.3) is 0 Å². The third-order valence-electron chi connectivity index (χ3n) is 4.66. The molecule has 1 heterocycles. The number of hydrogen-bond acceptors (Lipinski definition) is 3. The van der Waals surface area contributed by atoms with Crippen LogP contribution in [0.1, 0.15) is 57.8 Å². The van der Waals surface area contributed by atoms with Gasteiger partial charge < -0.3 is 15.4 Å². The van der Waals surface area contributed by atoms with E-state index in [-0.39, 0.29) is 12.4 Å². The fourth-order valence-electron chi connectivity index (χ4n) is 3.36. The van der Waals surface area contributed by atoms with Gasteiger partial charge in [0.1, 0.15) is 0 Å². The average molecular weight is 319 g/mol. The first-order valence-electron chi connectivity index (χ1n) is 8.41. The predicted molar refractivity (Wildman–Crippen MR) is 87.7 cm³/mol. The summed E-state index contributed by atoms with van der Waals surface area (Å²) in [7, 11) is 0. The molecule has 1 aliphatic carbocycles. The van der Waals surface area contributed by atoms with Gasteiger partial charge in [0.2, 0.25) is 5.91 Å². The van der Waals surface area contributed by atoms with Crippen LogP contribution in [0.3, 0.4) is 0 Å². The molecule has 0 spiro atoms. The van der Waals surface area contributed by atoms with Gasteiger partial charge in [0.05, 0.1) is 6.10 Å². The molecule has 0 atom stereocenters. The van der Waals surface area contributed by atoms with Crippen molar-refractivity contribution in [1.82, 2.24) is 4.90 Å². The maximum absolute atomic E-state index is 12.5. The molecular weight excluding hydrogens is 288 g/mol. The summed E-state index contributed by atoms with van der Waals surface area (Å²) in [6, 6.07) is 0. The molecule has 0 radical (unpaired) electrons. The third-order valence-corrected chi connectivity index (χ3v) is 4.66. The van der Waals surface area contributed by atoms with Gasteiger partial charge in [0, 0.05) is 25.6 Å². The lowest BCUT2D eigenvalue weighted by Crippen LogP contribution is -2.43. The number of rotatable bonds is 5. The van der Waals surface area contributed by atoms with E-state index in [1.54, 1.807) is 0 Å². The maximum Gasteiger partial charge on any atom is 0.225 e. The standard InChI is InChI=1S/C16H30N2O2.ClH/c17-10-5-13-20-15-8-11-18(12-9-15)16(19)14-6-3-1-2-4-7-14;/h14-15H,1-13,17H2;1H. The molecule has 2 N–H and O–H groups in total. The fraction of sp³-hybridized carbons (Fsp3) is 0.938. The number of halogens is 1. The van der Waals surface area contributed by atoms with Crippen LogP contribution in [0.2, 0.25) is 0 Å². The quantitative estimate of drug-likeness (QED) is 0.626. The van der Waals surface area contributed by atoms with Gasteiger partial charge in [-0.1, -0.05) is 25.7 Å². The van der Waals surface area contributed by atoms with E-state index in [9.17, 15) is 4.79 Å². The average Bonchev–Trinajstić information content (AvgIpc) is 2.77. The van der Waals surface area contributed by atoms with Crippen LogP contribution in [0, 0.1) is 5.92 Å². The van der Waals surface area contributed by atoms with Gasteiger partial charge in [-0.2, -0.15) is 0 Å². The van der Waals surface area contributed by atoms with E-state index in [0.29, 0.717) is 24.5 Å². The Hall–Kier alpha value is -0.320. The number of amides is 1. The SMILES string of the molecule is Cl.NCCCOC1CCN(C(=O)C2CCCCCC2)CC1. The molecule has 2 aliphatic rings. The molecule has 1 amide bonds. The number of nitrogens with zero attached hydrogens (tertiary/aromatic N) is 1. The Labute approximate surface area is 135 Å². The predicted octanol–water partition coefficient (Wildman–Crippen LogP) is 2.74. The summed E-state index contributed by atoms with van der Waals surface area (Å²) >= 11 is 0. The lowest BCUT2D eigenvalue weighted by Gasteiger charge is -2.34. The maximum atomic E-state index is 12.5. The largest absolute Gasteiger partial charge is 0.378 e. The molecule has 0 bridgehead atoms. The van der Waals surface area contributed by atoms with Crippen LogP contribution in [0.15, 0.2) is 0 Å². The van der Waals surface area contributed by atoms with Crippen molar-refractivity contribution in [3.8, 4) is 0 Å². The lowest BCUT2D eigenvalue weighted by molar-refractivity contribution is -0.138. The van der Waals surface area contributed by atoms with E-state index < -0.39 is 0 Å². The molecule has 0 aromatic rings. The molecule has 124 valence electrons. The molecule has 0 aromatic carbocycles. The summed E-state index contributed by atoms with van der Waals surface area (Å²) in [4.78, 5) is 14.6. The van der Waals surface area contributed by atoms with E-state index in [0.717, 1.165) is 51.8 Å². The Morgan fingerprint density at radius 2 is 1.67 bits per heavy atom. The topological polar surface area (TPSA) is 55.6 Å². The normalized spacial score (nSPS) is 21.7. The molecule has 0 unspecified atom stereocenters. The van der Waals surface area contributed by atoms with Crippen molar-refractivity contribution in [3.05, 3.63) is 0 Å². The molecule has 21 heavy (non-hydrogen) atoms. The highest BCUT2D eigenvalue weighted by Crippen LogP contribution is 2.26. The highest BCUT2D eigenvalue weighted by Gasteiger charge is 2.28. The molecule has 0 aromatic heterocycles. The van der Waals surface area contributed by atoms with Crippen molar-refractivity contribution in [3.63, 3.8) is 0 Å². The second-order valence-electron chi connectivity index (χ2n) is 6.23. The van der Waals surface area contributed by atoms with Crippen molar-refractivity contribution in [2.24, 2.45) is 11.7 Å². The molecule has 4 nitrogen and oxygen atoms in total. The van der Waals surface area contributed by atoms with Crippen LogP contribution in [0.5, 0.6) is 0 Å². The second-order valence-corrected chi connectivity index (χ2v) is 6.23. The zero-order valence-electron chi connectivity index (χ0n) is 13.1. The third kappa shape index (κ3) is 6.13. The van der Waals surface area contributed by atoms with Crippen molar-refractivity contribution < 1.29 is 9.53 Å². The molecule has 2 fully saturated rings. The van der Waals surface area contributed by atoms with Crippen molar-refractivity contribution in [1.29, 1.82) is 0 Å². The molecular formula is C16H31ClN2O2. The van der Waals surface area contributed by atoms with Gasteiger partial charge in [-0.05, 0) is 38.6 Å². The monoisotopic (exact) mass is 318 g/mol. The van der Waals surface area contributed by atoms with Gasteiger partial charge in [-0.15, -0.1) is 12.4 Å². The highest BCUT2D eigenvalue weighted by molar-refractivity contribution is 5.85. The zero-order valence-corrected chi connectivity index (χ0v) is 13.9. The lowest BCUT2D eigenvalue weighted by atomic mass is 9.97. The number of nitrogens with two attached hydrogens (primary N) is 1. The van der Waals surface area contributed by atoms with Crippen LogP contribution >= 0.6 is 12.4 Å². The minimum atomic E-state index is 0. The Bertz CT molecular complexity index is 286. The van der Waals surface area contributed by atoms with Crippen LogP contribution in [0.4, 0.5) is 0 Å². The van der Waals surface area contributed by atoms with Gasteiger partial charge >= 0.3 is 0 Å². The van der Waals surface area contributed by atoms with Crippen LogP contribution in [-0.4, -0.2) is 43.2 Å². The second kappa shape index (κ2) is 10.4. The van der Waals surface area contributed by atoms with Crippen LogP contribution < -0.4 is 5.73 Å². The minimum Gasteiger partial charge on any atom is -0.378 e. The Morgan fingerprint density at radius 3 is 2.24 bits per heavy atom. The van der Waals surface area contributed by atoms with Crippen LogP contribution in [-0.2, 0) is 9.53 Å². The summed E-state index contributed by atoms with van der Waals surface area (Å²) in [5, 5.41) is 0.